The van der Waals surface area contributed by atoms with Crippen molar-refractivity contribution in [2.45, 2.75) is 45.1 Å². The van der Waals surface area contributed by atoms with Crippen LogP contribution in [0.15, 0.2) is 24.3 Å². The van der Waals surface area contributed by atoms with Gasteiger partial charge in [0.05, 0.1) is 0 Å². The number of benzene rings is 1. The Morgan fingerprint density at radius 1 is 1.37 bits per heavy atom. The molecule has 1 aliphatic carbocycles. The molecule has 2 amide bonds. The van der Waals surface area contributed by atoms with Crippen molar-refractivity contribution < 1.29 is 4.79 Å². The first-order chi connectivity index (χ1) is 9.17. The van der Waals surface area contributed by atoms with Crippen LogP contribution in [0, 0.1) is 5.92 Å². The molecule has 0 bridgehead atoms. The van der Waals surface area contributed by atoms with E-state index in [1.54, 1.807) is 0 Å². The fourth-order valence-corrected chi connectivity index (χ4v) is 2.86. The zero-order chi connectivity index (χ0) is 13.7. The Kier molecular flexibility index (Phi) is 4.66. The quantitative estimate of drug-likeness (QED) is 0.775. The first kappa shape index (κ1) is 13.7. The summed E-state index contributed by atoms with van der Waals surface area (Å²) in [6.07, 6.45) is 6.39. The van der Waals surface area contributed by atoms with Crippen molar-refractivity contribution in [2.75, 3.05) is 10.6 Å². The molecule has 4 N–H and O–H groups in total. The molecule has 19 heavy (non-hydrogen) atoms. The molecule has 1 fully saturated rings. The van der Waals surface area contributed by atoms with E-state index in [0.717, 1.165) is 17.3 Å². The number of hydrogen-bond donors (Lipinski definition) is 3. The number of carbonyl (C=O) groups is 1. The van der Waals surface area contributed by atoms with Crippen molar-refractivity contribution >= 4 is 17.4 Å². The van der Waals surface area contributed by atoms with Crippen molar-refractivity contribution in [2.24, 2.45) is 11.7 Å². The minimum atomic E-state index is -0.527. The molecule has 0 spiro atoms. The van der Waals surface area contributed by atoms with Gasteiger partial charge in [0.1, 0.15) is 0 Å². The van der Waals surface area contributed by atoms with Crippen LogP contribution in [0.3, 0.4) is 0 Å². The summed E-state index contributed by atoms with van der Waals surface area (Å²) in [5.41, 5.74) is 6.91. The van der Waals surface area contributed by atoms with Crippen LogP contribution in [-0.2, 0) is 0 Å². The van der Waals surface area contributed by atoms with Crippen LogP contribution in [-0.4, -0.2) is 12.1 Å². The molecule has 2 atom stereocenters. The molecule has 1 saturated carbocycles. The summed E-state index contributed by atoms with van der Waals surface area (Å²) in [5.74, 6) is 0.846. The molecule has 0 aromatic heterocycles. The van der Waals surface area contributed by atoms with E-state index < -0.39 is 6.03 Å². The smallest absolute Gasteiger partial charge is 0.316 e. The van der Waals surface area contributed by atoms with Crippen LogP contribution in [0.1, 0.15) is 39.0 Å². The summed E-state index contributed by atoms with van der Waals surface area (Å²) in [6, 6.07) is 7.74. The molecule has 4 heteroatoms. The fourth-order valence-electron chi connectivity index (χ4n) is 2.86. The van der Waals surface area contributed by atoms with Crippen LogP contribution < -0.4 is 16.4 Å². The number of rotatable bonds is 4. The highest BCUT2D eigenvalue weighted by Crippen LogP contribution is 2.29. The lowest BCUT2D eigenvalue weighted by atomic mass is 9.84. The van der Waals surface area contributed by atoms with Gasteiger partial charge in [0.15, 0.2) is 0 Å². The summed E-state index contributed by atoms with van der Waals surface area (Å²) in [4.78, 5) is 10.8. The van der Waals surface area contributed by atoms with Gasteiger partial charge in [-0.2, -0.15) is 0 Å². The van der Waals surface area contributed by atoms with Crippen molar-refractivity contribution in [3.05, 3.63) is 24.3 Å². The maximum atomic E-state index is 10.8. The summed E-state index contributed by atoms with van der Waals surface area (Å²) in [7, 11) is 0. The molecule has 0 aliphatic heterocycles. The minimum Gasteiger partial charge on any atom is -0.382 e. The van der Waals surface area contributed by atoms with Gasteiger partial charge in [0, 0.05) is 17.4 Å². The van der Waals surface area contributed by atoms with Gasteiger partial charge in [-0.1, -0.05) is 32.3 Å². The molecule has 2 unspecified atom stereocenters. The van der Waals surface area contributed by atoms with Crippen LogP contribution in [0.5, 0.6) is 0 Å². The number of urea groups is 1. The van der Waals surface area contributed by atoms with Crippen LogP contribution in [0.25, 0.3) is 0 Å². The van der Waals surface area contributed by atoms with E-state index >= 15 is 0 Å². The number of carbonyl (C=O) groups excluding carboxylic acids is 1. The number of nitrogens with two attached hydrogens (primary N) is 1. The summed E-state index contributed by atoms with van der Waals surface area (Å²) >= 11 is 0. The molecule has 1 aromatic carbocycles. The average Bonchev–Trinajstić information content (AvgIpc) is 2.38. The first-order valence-electron chi connectivity index (χ1n) is 7.10. The van der Waals surface area contributed by atoms with E-state index in [0.29, 0.717) is 6.04 Å². The van der Waals surface area contributed by atoms with Gasteiger partial charge in [-0.05, 0) is 37.0 Å². The highest BCUT2D eigenvalue weighted by atomic mass is 16.2. The van der Waals surface area contributed by atoms with E-state index in [9.17, 15) is 4.79 Å². The fraction of sp³-hybridized carbons (Fsp3) is 0.533. The Morgan fingerprint density at radius 2 is 2.16 bits per heavy atom. The maximum absolute atomic E-state index is 10.8. The number of nitrogens with one attached hydrogen (secondary N) is 2. The molecule has 0 heterocycles. The van der Waals surface area contributed by atoms with Crippen molar-refractivity contribution in [3.63, 3.8) is 0 Å². The van der Waals surface area contributed by atoms with Gasteiger partial charge >= 0.3 is 6.03 Å². The standard InChI is InChI=1S/C15H23N3O/c1-2-11-5-3-6-12(9-11)17-13-7-4-8-14(10-13)18-15(16)19/h4,7-8,10-12,17H,2-3,5-6,9H2,1H3,(H3,16,18,19). The number of anilines is 2. The van der Waals surface area contributed by atoms with E-state index in [1.807, 2.05) is 24.3 Å². The average molecular weight is 261 g/mol. The monoisotopic (exact) mass is 261 g/mol. The molecule has 4 nitrogen and oxygen atoms in total. The predicted molar refractivity (Wildman–Crippen MR) is 79.3 cm³/mol. The highest BCUT2D eigenvalue weighted by Gasteiger charge is 2.20. The third-order valence-electron chi connectivity index (χ3n) is 3.86. The van der Waals surface area contributed by atoms with E-state index in [1.165, 1.54) is 32.1 Å². The normalized spacial score (nSPS) is 22.8. The highest BCUT2D eigenvalue weighted by molar-refractivity contribution is 5.88. The Hall–Kier alpha value is -1.71. The Morgan fingerprint density at radius 3 is 2.89 bits per heavy atom. The van der Waals surface area contributed by atoms with Crippen LogP contribution >= 0.6 is 0 Å². The lowest BCUT2D eigenvalue weighted by Gasteiger charge is -2.30. The second-order valence-corrected chi connectivity index (χ2v) is 5.35. The van der Waals surface area contributed by atoms with E-state index in [4.69, 9.17) is 5.73 Å². The number of amides is 2. The number of primary amides is 1. The first-order valence-corrected chi connectivity index (χ1v) is 7.10. The van der Waals surface area contributed by atoms with Crippen LogP contribution in [0.2, 0.25) is 0 Å². The molecule has 104 valence electrons. The molecule has 1 aliphatic rings. The lowest BCUT2D eigenvalue weighted by Crippen LogP contribution is -2.27. The third kappa shape index (κ3) is 4.16. The third-order valence-corrected chi connectivity index (χ3v) is 3.86. The van der Waals surface area contributed by atoms with Crippen LogP contribution in [0.4, 0.5) is 16.2 Å². The maximum Gasteiger partial charge on any atom is 0.316 e. The van der Waals surface area contributed by atoms with E-state index in [2.05, 4.69) is 17.6 Å². The molecular weight excluding hydrogens is 238 g/mol. The summed E-state index contributed by atoms with van der Waals surface area (Å²) < 4.78 is 0. The van der Waals surface area contributed by atoms with Gasteiger partial charge in [-0.15, -0.1) is 0 Å². The topological polar surface area (TPSA) is 67.2 Å². The zero-order valence-corrected chi connectivity index (χ0v) is 11.5. The van der Waals surface area contributed by atoms with Gasteiger partial charge in [0.2, 0.25) is 0 Å². The van der Waals surface area contributed by atoms with Gasteiger partial charge < -0.3 is 16.4 Å². The molecule has 1 aromatic rings. The molecular formula is C15H23N3O. The van der Waals surface area contributed by atoms with Gasteiger partial charge in [-0.3, -0.25) is 0 Å². The second kappa shape index (κ2) is 6.45. The number of hydrogen-bond acceptors (Lipinski definition) is 2. The summed E-state index contributed by atoms with van der Waals surface area (Å²) in [5, 5.41) is 6.17. The molecule has 2 rings (SSSR count). The Labute approximate surface area is 114 Å². The predicted octanol–water partition coefficient (Wildman–Crippen LogP) is 3.56. The largest absolute Gasteiger partial charge is 0.382 e. The van der Waals surface area contributed by atoms with Gasteiger partial charge in [-0.25, -0.2) is 4.79 Å². The van der Waals surface area contributed by atoms with E-state index in [-0.39, 0.29) is 0 Å². The van der Waals surface area contributed by atoms with Crippen molar-refractivity contribution in [1.82, 2.24) is 0 Å². The Bertz CT molecular complexity index is 433. The lowest BCUT2D eigenvalue weighted by molar-refractivity contribution is 0.259. The SMILES string of the molecule is CCC1CCCC(Nc2cccc(NC(N)=O)c2)C1. The minimum absolute atomic E-state index is 0.527. The van der Waals surface area contributed by atoms with Crippen molar-refractivity contribution in [3.8, 4) is 0 Å². The summed E-state index contributed by atoms with van der Waals surface area (Å²) in [6.45, 7) is 2.27. The second-order valence-electron chi connectivity index (χ2n) is 5.35. The zero-order valence-electron chi connectivity index (χ0n) is 11.5. The van der Waals surface area contributed by atoms with Crippen molar-refractivity contribution in [1.29, 1.82) is 0 Å². The Balaban J connectivity index is 1.96. The van der Waals surface area contributed by atoms with Gasteiger partial charge in [0.25, 0.3) is 0 Å². The molecule has 0 saturated heterocycles. The molecule has 0 radical (unpaired) electrons.